The highest BCUT2D eigenvalue weighted by molar-refractivity contribution is 5.82. The lowest BCUT2D eigenvalue weighted by atomic mass is 10.1. The van der Waals surface area contributed by atoms with Crippen LogP contribution in [0.25, 0.3) is 11.0 Å². The van der Waals surface area contributed by atoms with Crippen molar-refractivity contribution in [2.75, 3.05) is 6.61 Å². The number of hydrogen-bond donors (Lipinski definition) is 1. The Kier molecular flexibility index (Phi) is 3.03. The average Bonchev–Trinajstić information content (AvgIpc) is 2.76. The second-order valence-electron chi connectivity index (χ2n) is 4.81. The third-order valence-electron chi connectivity index (χ3n) is 3.49. The summed E-state index contributed by atoms with van der Waals surface area (Å²) in [7, 11) is 0. The molecule has 0 bridgehead atoms. The Labute approximate surface area is 110 Å². The largest absolute Gasteiger partial charge is 0.496 e. The lowest BCUT2D eigenvalue weighted by molar-refractivity contribution is 0.171. The van der Waals surface area contributed by atoms with E-state index >= 15 is 0 Å². The van der Waals surface area contributed by atoms with Crippen LogP contribution in [0, 0.1) is 12.7 Å². The number of aryl methyl sites for hydroxylation is 1. The molecule has 0 spiro atoms. The number of hydrogen-bond acceptors (Lipinski definition) is 3. The third kappa shape index (κ3) is 2.12. The summed E-state index contributed by atoms with van der Waals surface area (Å²) in [5, 5.41) is 0.766. The summed E-state index contributed by atoms with van der Waals surface area (Å²) in [5.41, 5.74) is 7.72. The number of benzene rings is 1. The van der Waals surface area contributed by atoms with Crippen LogP contribution in [0.15, 0.2) is 34.5 Å². The molecule has 1 atom stereocenters. The molecule has 1 aromatic heterocycles. The van der Waals surface area contributed by atoms with E-state index in [2.05, 4.69) is 0 Å². The lowest BCUT2D eigenvalue weighted by Gasteiger charge is -2.19. The van der Waals surface area contributed by atoms with E-state index in [-0.39, 0.29) is 5.82 Å². The highest BCUT2D eigenvalue weighted by Gasteiger charge is 2.23. The second kappa shape index (κ2) is 4.70. The Morgan fingerprint density at radius 3 is 2.95 bits per heavy atom. The summed E-state index contributed by atoms with van der Waals surface area (Å²) in [6.45, 7) is 2.58. The van der Waals surface area contributed by atoms with Crippen LogP contribution in [0.2, 0.25) is 0 Å². The Morgan fingerprint density at radius 1 is 1.37 bits per heavy atom. The third-order valence-corrected chi connectivity index (χ3v) is 3.49. The van der Waals surface area contributed by atoms with Crippen molar-refractivity contribution in [3.05, 3.63) is 47.2 Å². The fourth-order valence-electron chi connectivity index (χ4n) is 2.43. The first kappa shape index (κ1) is 12.2. The molecule has 1 aromatic carbocycles. The van der Waals surface area contributed by atoms with Crippen molar-refractivity contribution in [1.29, 1.82) is 0 Å². The number of furan rings is 1. The molecule has 0 saturated carbocycles. The molecule has 2 N–H and O–H groups in total. The molecular weight excluding hydrogens is 245 g/mol. The molecule has 4 heteroatoms. The van der Waals surface area contributed by atoms with Gasteiger partial charge in [0.05, 0.1) is 6.61 Å². The first-order valence-corrected chi connectivity index (χ1v) is 6.44. The number of allylic oxidation sites excluding steroid dienone is 1. The number of halogens is 1. The summed E-state index contributed by atoms with van der Waals surface area (Å²) in [6.07, 6.45) is 3.98. The molecule has 3 rings (SSSR count). The molecule has 19 heavy (non-hydrogen) atoms. The van der Waals surface area contributed by atoms with Crippen LogP contribution < -0.4 is 5.73 Å². The Bertz CT molecular complexity index is 645. The van der Waals surface area contributed by atoms with E-state index in [0.29, 0.717) is 18.0 Å². The zero-order chi connectivity index (χ0) is 13.4. The summed E-state index contributed by atoms with van der Waals surface area (Å²) in [6, 6.07) is 4.07. The topological polar surface area (TPSA) is 48.4 Å². The highest BCUT2D eigenvalue weighted by Crippen LogP contribution is 2.33. The molecule has 0 radical (unpaired) electrons. The zero-order valence-electron chi connectivity index (χ0n) is 10.8. The minimum atomic E-state index is -0.421. The molecule has 2 aromatic rings. The van der Waals surface area contributed by atoms with Gasteiger partial charge in [0.2, 0.25) is 0 Å². The van der Waals surface area contributed by atoms with Crippen molar-refractivity contribution < 1.29 is 13.5 Å². The van der Waals surface area contributed by atoms with E-state index < -0.39 is 6.04 Å². The standard InChI is InChI=1S/C15H16FNO2/c1-9-11-8-10(16)5-6-12(11)19-15(9)14(17)13-4-2-3-7-18-13/h4-6,8,14H,2-3,7,17H2,1H3. The van der Waals surface area contributed by atoms with Gasteiger partial charge in [-0.2, -0.15) is 0 Å². The van der Waals surface area contributed by atoms with Crippen LogP contribution in [0.3, 0.4) is 0 Å². The van der Waals surface area contributed by atoms with Gasteiger partial charge in [0, 0.05) is 10.9 Å². The minimum Gasteiger partial charge on any atom is -0.496 e. The van der Waals surface area contributed by atoms with Gasteiger partial charge in [-0.15, -0.1) is 0 Å². The predicted octanol–water partition coefficient (Wildman–Crippen LogP) is 3.57. The van der Waals surface area contributed by atoms with Crippen molar-refractivity contribution in [2.45, 2.75) is 25.8 Å². The van der Waals surface area contributed by atoms with Crippen molar-refractivity contribution in [3.63, 3.8) is 0 Å². The molecule has 0 fully saturated rings. The van der Waals surface area contributed by atoms with Gasteiger partial charge in [-0.1, -0.05) is 0 Å². The van der Waals surface area contributed by atoms with Gasteiger partial charge < -0.3 is 14.9 Å². The molecular formula is C15H16FNO2. The second-order valence-corrected chi connectivity index (χ2v) is 4.81. The molecule has 0 amide bonds. The van der Waals surface area contributed by atoms with E-state index in [4.69, 9.17) is 14.9 Å². The summed E-state index contributed by atoms with van der Waals surface area (Å²) in [5.74, 6) is 1.12. The van der Waals surface area contributed by atoms with E-state index in [9.17, 15) is 4.39 Å². The van der Waals surface area contributed by atoms with E-state index in [0.717, 1.165) is 29.6 Å². The maximum absolute atomic E-state index is 13.3. The summed E-state index contributed by atoms with van der Waals surface area (Å²) in [4.78, 5) is 0. The lowest BCUT2D eigenvalue weighted by Crippen LogP contribution is -2.18. The summed E-state index contributed by atoms with van der Waals surface area (Å²) >= 11 is 0. The van der Waals surface area contributed by atoms with Gasteiger partial charge in [-0.05, 0) is 44.0 Å². The zero-order valence-corrected chi connectivity index (χ0v) is 10.8. The molecule has 100 valence electrons. The Morgan fingerprint density at radius 2 is 2.21 bits per heavy atom. The maximum atomic E-state index is 13.3. The molecule has 0 aliphatic carbocycles. The smallest absolute Gasteiger partial charge is 0.134 e. The first-order chi connectivity index (χ1) is 9.16. The van der Waals surface area contributed by atoms with Gasteiger partial charge >= 0.3 is 0 Å². The SMILES string of the molecule is Cc1c(C(N)C2=CCCCO2)oc2ccc(F)cc12. The highest BCUT2D eigenvalue weighted by atomic mass is 19.1. The van der Waals surface area contributed by atoms with Crippen LogP contribution in [0.5, 0.6) is 0 Å². The van der Waals surface area contributed by atoms with Crippen LogP contribution in [0.4, 0.5) is 4.39 Å². The Balaban J connectivity index is 2.05. The van der Waals surface area contributed by atoms with Gasteiger partial charge in [-0.25, -0.2) is 4.39 Å². The van der Waals surface area contributed by atoms with Crippen LogP contribution >= 0.6 is 0 Å². The quantitative estimate of drug-likeness (QED) is 0.899. The van der Waals surface area contributed by atoms with E-state index in [1.807, 2.05) is 13.0 Å². The maximum Gasteiger partial charge on any atom is 0.134 e. The van der Waals surface area contributed by atoms with Crippen molar-refractivity contribution in [1.82, 2.24) is 0 Å². The van der Waals surface area contributed by atoms with Gasteiger partial charge in [0.1, 0.15) is 29.0 Å². The average molecular weight is 261 g/mol. The first-order valence-electron chi connectivity index (χ1n) is 6.44. The van der Waals surface area contributed by atoms with Crippen LogP contribution in [-0.2, 0) is 4.74 Å². The van der Waals surface area contributed by atoms with E-state index in [1.165, 1.54) is 12.1 Å². The van der Waals surface area contributed by atoms with Crippen molar-refractivity contribution in [2.24, 2.45) is 5.73 Å². The normalized spacial score (nSPS) is 17.1. The monoisotopic (exact) mass is 261 g/mol. The number of ether oxygens (including phenoxy) is 1. The van der Waals surface area contributed by atoms with Crippen molar-refractivity contribution in [3.8, 4) is 0 Å². The fraction of sp³-hybridized carbons (Fsp3) is 0.333. The molecule has 1 aliphatic heterocycles. The van der Waals surface area contributed by atoms with Crippen molar-refractivity contribution >= 4 is 11.0 Å². The van der Waals surface area contributed by atoms with Gasteiger partial charge in [0.25, 0.3) is 0 Å². The molecule has 3 nitrogen and oxygen atoms in total. The molecule has 1 aliphatic rings. The van der Waals surface area contributed by atoms with Crippen LogP contribution in [0.1, 0.15) is 30.2 Å². The molecule has 1 unspecified atom stereocenters. The fourth-order valence-corrected chi connectivity index (χ4v) is 2.43. The van der Waals surface area contributed by atoms with Gasteiger partial charge in [0.15, 0.2) is 0 Å². The van der Waals surface area contributed by atoms with Gasteiger partial charge in [-0.3, -0.25) is 0 Å². The molecule has 2 heterocycles. The summed E-state index contributed by atoms with van der Waals surface area (Å²) < 4.78 is 24.6. The van der Waals surface area contributed by atoms with E-state index in [1.54, 1.807) is 6.07 Å². The Hall–Kier alpha value is -1.81. The number of rotatable bonds is 2. The number of nitrogens with two attached hydrogens (primary N) is 1. The molecule has 0 saturated heterocycles. The van der Waals surface area contributed by atoms with Crippen LogP contribution in [-0.4, -0.2) is 6.61 Å². The predicted molar refractivity (Wildman–Crippen MR) is 71.1 cm³/mol. The minimum absolute atomic E-state index is 0.273. The number of fused-ring (bicyclic) bond motifs is 1.